The smallest absolute Gasteiger partial charge is 0.240 e. The monoisotopic (exact) mass is 178 g/mol. The standard InChI is InChI=1S/C7H10N6/c1-13(2)6-3-5(4-8)10-7(11-6)12-9/h3H,9H2,1-2H3,(H,10,11,12). The van der Waals surface area contributed by atoms with Gasteiger partial charge in [-0.25, -0.2) is 10.8 Å². The Morgan fingerprint density at radius 3 is 2.69 bits per heavy atom. The van der Waals surface area contributed by atoms with Gasteiger partial charge < -0.3 is 4.90 Å². The van der Waals surface area contributed by atoms with Gasteiger partial charge in [-0.1, -0.05) is 0 Å². The van der Waals surface area contributed by atoms with E-state index in [1.807, 2.05) is 20.2 Å². The molecular weight excluding hydrogens is 168 g/mol. The van der Waals surface area contributed by atoms with Crippen LogP contribution in [0.3, 0.4) is 0 Å². The van der Waals surface area contributed by atoms with Crippen molar-refractivity contribution in [1.82, 2.24) is 9.97 Å². The molecule has 3 N–H and O–H groups in total. The third kappa shape index (κ3) is 2.04. The Kier molecular flexibility index (Phi) is 2.62. The van der Waals surface area contributed by atoms with Gasteiger partial charge in [0.1, 0.15) is 17.6 Å². The van der Waals surface area contributed by atoms with Crippen molar-refractivity contribution >= 4 is 11.8 Å². The molecule has 0 fully saturated rings. The lowest BCUT2D eigenvalue weighted by molar-refractivity contribution is 1.02. The zero-order valence-electron chi connectivity index (χ0n) is 7.44. The van der Waals surface area contributed by atoms with Crippen LogP contribution < -0.4 is 16.2 Å². The second-order valence-corrected chi connectivity index (χ2v) is 2.59. The van der Waals surface area contributed by atoms with Gasteiger partial charge in [0.05, 0.1) is 0 Å². The number of hydrogen-bond donors (Lipinski definition) is 2. The van der Waals surface area contributed by atoms with Crippen LogP contribution in [-0.4, -0.2) is 24.1 Å². The van der Waals surface area contributed by atoms with Crippen molar-refractivity contribution in [2.75, 3.05) is 24.4 Å². The number of nitrogens with one attached hydrogen (secondary N) is 1. The zero-order valence-corrected chi connectivity index (χ0v) is 7.44. The second-order valence-electron chi connectivity index (χ2n) is 2.59. The molecule has 0 bridgehead atoms. The van der Waals surface area contributed by atoms with Crippen molar-refractivity contribution < 1.29 is 0 Å². The molecule has 0 spiro atoms. The van der Waals surface area contributed by atoms with Crippen molar-refractivity contribution in [2.24, 2.45) is 5.84 Å². The minimum atomic E-state index is 0.239. The Bertz CT molecular complexity index is 339. The van der Waals surface area contributed by atoms with Crippen LogP contribution in [-0.2, 0) is 0 Å². The third-order valence-corrected chi connectivity index (χ3v) is 1.41. The maximum atomic E-state index is 8.64. The van der Waals surface area contributed by atoms with Gasteiger partial charge in [-0.05, 0) is 0 Å². The van der Waals surface area contributed by atoms with E-state index in [0.717, 1.165) is 0 Å². The average Bonchev–Trinajstić information content (AvgIpc) is 2.16. The topological polar surface area (TPSA) is 90.9 Å². The van der Waals surface area contributed by atoms with Crippen molar-refractivity contribution in [3.05, 3.63) is 11.8 Å². The van der Waals surface area contributed by atoms with E-state index >= 15 is 0 Å². The van der Waals surface area contributed by atoms with Gasteiger partial charge in [-0.15, -0.1) is 0 Å². The van der Waals surface area contributed by atoms with Gasteiger partial charge in [-0.3, -0.25) is 5.43 Å². The molecule has 0 amide bonds. The molecule has 0 atom stereocenters. The maximum absolute atomic E-state index is 8.64. The van der Waals surface area contributed by atoms with Crippen LogP contribution in [0.25, 0.3) is 0 Å². The van der Waals surface area contributed by atoms with Crippen LogP contribution in [0.4, 0.5) is 11.8 Å². The lowest BCUT2D eigenvalue weighted by Crippen LogP contribution is -2.16. The van der Waals surface area contributed by atoms with Crippen LogP contribution in [0.5, 0.6) is 0 Å². The first-order valence-electron chi connectivity index (χ1n) is 3.60. The number of nitrogen functional groups attached to an aromatic ring is 1. The van der Waals surface area contributed by atoms with Gasteiger partial charge in [0, 0.05) is 20.2 Å². The molecule has 1 rings (SSSR count). The molecule has 6 nitrogen and oxygen atoms in total. The highest BCUT2D eigenvalue weighted by Crippen LogP contribution is 2.10. The van der Waals surface area contributed by atoms with Gasteiger partial charge in [0.2, 0.25) is 5.95 Å². The predicted octanol–water partition coefficient (Wildman–Crippen LogP) is -0.300. The van der Waals surface area contributed by atoms with E-state index < -0.39 is 0 Å². The van der Waals surface area contributed by atoms with E-state index in [2.05, 4.69) is 15.4 Å². The average molecular weight is 178 g/mol. The lowest BCUT2D eigenvalue weighted by atomic mass is 10.4. The molecule has 1 heterocycles. The summed E-state index contributed by atoms with van der Waals surface area (Å²) in [5.41, 5.74) is 2.58. The largest absolute Gasteiger partial charge is 0.363 e. The molecule has 0 saturated carbocycles. The van der Waals surface area contributed by atoms with E-state index in [4.69, 9.17) is 11.1 Å². The van der Waals surface area contributed by atoms with Gasteiger partial charge in [0.15, 0.2) is 0 Å². The highest BCUT2D eigenvalue weighted by Gasteiger charge is 2.03. The molecule has 0 aliphatic rings. The molecule has 0 aliphatic carbocycles. The minimum Gasteiger partial charge on any atom is -0.363 e. The van der Waals surface area contributed by atoms with E-state index in [0.29, 0.717) is 5.82 Å². The third-order valence-electron chi connectivity index (χ3n) is 1.41. The van der Waals surface area contributed by atoms with Crippen LogP contribution in [0, 0.1) is 11.3 Å². The van der Waals surface area contributed by atoms with Crippen LogP contribution in [0.2, 0.25) is 0 Å². The number of nitrogens with two attached hydrogens (primary N) is 1. The van der Waals surface area contributed by atoms with Gasteiger partial charge in [0.25, 0.3) is 0 Å². The molecule has 0 aromatic carbocycles. The highest BCUT2D eigenvalue weighted by atomic mass is 15.3. The minimum absolute atomic E-state index is 0.239. The summed E-state index contributed by atoms with van der Waals surface area (Å²) < 4.78 is 0. The number of anilines is 2. The molecule has 0 unspecified atom stereocenters. The lowest BCUT2D eigenvalue weighted by Gasteiger charge is -2.11. The Labute approximate surface area is 76.0 Å². The summed E-state index contributed by atoms with van der Waals surface area (Å²) in [6.07, 6.45) is 0. The molecule has 0 aliphatic heterocycles. The van der Waals surface area contributed by atoms with E-state index in [1.54, 1.807) is 11.0 Å². The highest BCUT2D eigenvalue weighted by molar-refractivity contribution is 5.46. The molecule has 68 valence electrons. The molecule has 1 aromatic heterocycles. The van der Waals surface area contributed by atoms with E-state index in [9.17, 15) is 0 Å². The normalized spacial score (nSPS) is 9.08. The predicted molar refractivity (Wildman–Crippen MR) is 48.9 cm³/mol. The number of nitrogens with zero attached hydrogens (tertiary/aromatic N) is 4. The number of aromatic nitrogens is 2. The van der Waals surface area contributed by atoms with Crippen molar-refractivity contribution in [2.45, 2.75) is 0 Å². The van der Waals surface area contributed by atoms with Crippen LogP contribution in [0.1, 0.15) is 5.69 Å². The summed E-state index contributed by atoms with van der Waals surface area (Å²) in [5, 5.41) is 8.64. The van der Waals surface area contributed by atoms with Crippen LogP contribution >= 0.6 is 0 Å². The molecule has 6 heteroatoms. The second kappa shape index (κ2) is 3.69. The first-order chi connectivity index (χ1) is 6.17. The summed E-state index contributed by atoms with van der Waals surface area (Å²) >= 11 is 0. The quantitative estimate of drug-likeness (QED) is 0.477. The molecule has 0 saturated heterocycles. The molecule has 0 radical (unpaired) electrons. The Hall–Kier alpha value is -1.87. The first kappa shape index (κ1) is 9.22. The SMILES string of the molecule is CN(C)c1cc(C#N)nc(NN)n1. The fourth-order valence-electron chi connectivity index (χ4n) is 0.785. The summed E-state index contributed by atoms with van der Waals surface area (Å²) in [6.45, 7) is 0. The van der Waals surface area contributed by atoms with Crippen LogP contribution in [0.15, 0.2) is 6.07 Å². The summed E-state index contributed by atoms with van der Waals surface area (Å²) in [6, 6.07) is 3.51. The number of hydrazine groups is 1. The summed E-state index contributed by atoms with van der Waals surface area (Å²) in [5.74, 6) is 6.02. The van der Waals surface area contributed by atoms with Gasteiger partial charge >= 0.3 is 0 Å². The zero-order chi connectivity index (χ0) is 9.84. The molecule has 13 heavy (non-hydrogen) atoms. The fraction of sp³-hybridized carbons (Fsp3) is 0.286. The Morgan fingerprint density at radius 1 is 1.54 bits per heavy atom. The number of hydrogen-bond acceptors (Lipinski definition) is 6. The van der Waals surface area contributed by atoms with Crippen molar-refractivity contribution in [1.29, 1.82) is 5.26 Å². The first-order valence-corrected chi connectivity index (χ1v) is 3.60. The Morgan fingerprint density at radius 2 is 2.23 bits per heavy atom. The number of nitriles is 1. The fourth-order valence-corrected chi connectivity index (χ4v) is 0.785. The number of rotatable bonds is 2. The molecule has 1 aromatic rings. The molecular formula is C7H10N6. The van der Waals surface area contributed by atoms with E-state index in [-0.39, 0.29) is 11.6 Å². The van der Waals surface area contributed by atoms with Crippen molar-refractivity contribution in [3.8, 4) is 6.07 Å². The Balaban J connectivity index is 3.17. The van der Waals surface area contributed by atoms with Gasteiger partial charge in [-0.2, -0.15) is 10.2 Å². The summed E-state index contributed by atoms with van der Waals surface area (Å²) in [7, 11) is 3.65. The summed E-state index contributed by atoms with van der Waals surface area (Å²) in [4.78, 5) is 9.61. The van der Waals surface area contributed by atoms with E-state index in [1.165, 1.54) is 0 Å². The maximum Gasteiger partial charge on any atom is 0.240 e. The van der Waals surface area contributed by atoms with Crippen molar-refractivity contribution in [3.63, 3.8) is 0 Å².